The summed E-state index contributed by atoms with van der Waals surface area (Å²) in [5, 5.41) is 0.499. The zero-order valence-corrected chi connectivity index (χ0v) is 9.21. The van der Waals surface area contributed by atoms with Gasteiger partial charge in [0.05, 0.1) is 11.5 Å². The van der Waals surface area contributed by atoms with Gasteiger partial charge in [-0.25, -0.2) is 0 Å². The summed E-state index contributed by atoms with van der Waals surface area (Å²) in [5.41, 5.74) is 0. The van der Waals surface area contributed by atoms with Gasteiger partial charge in [0, 0.05) is 5.33 Å². The van der Waals surface area contributed by atoms with E-state index in [4.69, 9.17) is 4.18 Å². The van der Waals surface area contributed by atoms with E-state index in [-0.39, 0.29) is 41.1 Å². The van der Waals surface area contributed by atoms with Gasteiger partial charge in [0.1, 0.15) is 0 Å². The molecule has 74 valence electrons. The summed E-state index contributed by atoms with van der Waals surface area (Å²) >= 11 is 3.09. The molecule has 0 bridgehead atoms. The van der Waals surface area contributed by atoms with E-state index in [1.165, 1.54) is 12.1 Å². The van der Waals surface area contributed by atoms with Crippen LogP contribution in [0.5, 0.6) is 0 Å². The molecule has 0 aliphatic heterocycles. The first-order valence-corrected chi connectivity index (χ1v) is 6.20. The number of hydrogen-bond acceptors (Lipinski definition) is 3. The van der Waals surface area contributed by atoms with Gasteiger partial charge in [0.2, 0.25) is 0 Å². The van der Waals surface area contributed by atoms with Gasteiger partial charge in [0.25, 0.3) is 10.1 Å². The van der Waals surface area contributed by atoms with Crippen LogP contribution >= 0.6 is 15.9 Å². The van der Waals surface area contributed by atoms with E-state index >= 15 is 0 Å². The van der Waals surface area contributed by atoms with Crippen LogP contribution in [0.15, 0.2) is 35.2 Å². The fourth-order valence-corrected chi connectivity index (χ4v) is 2.10. The fraction of sp³-hybridized carbons (Fsp3) is 0.250. The third-order valence-corrected chi connectivity index (χ3v) is 3.00. The molecule has 0 amide bonds. The standard InChI is InChI=1S/C8H9BrO3S.Na.H/c9-6-7-12-13(10,11)8-4-2-1-3-5-8;;/h1-5H,6-7H2;;. The molecule has 0 aromatic heterocycles. The molecule has 0 N–H and O–H groups in total. The summed E-state index contributed by atoms with van der Waals surface area (Å²) in [5.74, 6) is 0. The van der Waals surface area contributed by atoms with Crippen molar-refractivity contribution in [2.24, 2.45) is 0 Å². The second-order valence-electron chi connectivity index (χ2n) is 2.28. The molecule has 0 aliphatic carbocycles. The van der Waals surface area contributed by atoms with E-state index in [2.05, 4.69) is 15.9 Å². The molecule has 0 atom stereocenters. The normalized spacial score (nSPS) is 10.6. The Morgan fingerprint density at radius 1 is 1.21 bits per heavy atom. The Balaban J connectivity index is 0.00000169. The van der Waals surface area contributed by atoms with Crippen LogP contribution in [-0.2, 0) is 14.3 Å². The Morgan fingerprint density at radius 2 is 1.79 bits per heavy atom. The molecule has 14 heavy (non-hydrogen) atoms. The average molecular weight is 289 g/mol. The molecule has 0 saturated carbocycles. The van der Waals surface area contributed by atoms with Crippen molar-refractivity contribution in [1.29, 1.82) is 0 Å². The van der Waals surface area contributed by atoms with E-state index in [1.54, 1.807) is 18.2 Å². The van der Waals surface area contributed by atoms with Gasteiger partial charge in [-0.05, 0) is 12.1 Å². The fourth-order valence-electron chi connectivity index (χ4n) is 0.796. The maximum atomic E-state index is 11.3. The Labute approximate surface area is 114 Å². The quantitative estimate of drug-likeness (QED) is 0.474. The van der Waals surface area contributed by atoms with Crippen molar-refractivity contribution in [3.63, 3.8) is 0 Å². The Kier molecular flexibility index (Phi) is 7.28. The molecule has 0 aliphatic rings. The first-order valence-electron chi connectivity index (χ1n) is 3.67. The number of benzene rings is 1. The third-order valence-electron chi connectivity index (χ3n) is 1.35. The zero-order chi connectivity index (χ0) is 9.73. The predicted molar refractivity (Wildman–Crippen MR) is 60.5 cm³/mol. The monoisotopic (exact) mass is 288 g/mol. The molecule has 1 aromatic rings. The average Bonchev–Trinajstić information content (AvgIpc) is 2.16. The van der Waals surface area contributed by atoms with Crippen LogP contribution in [0.4, 0.5) is 0 Å². The van der Waals surface area contributed by atoms with Crippen LogP contribution in [-0.4, -0.2) is 49.9 Å². The zero-order valence-electron chi connectivity index (χ0n) is 6.81. The molecule has 1 aromatic carbocycles. The van der Waals surface area contributed by atoms with Crippen molar-refractivity contribution in [3.8, 4) is 0 Å². The van der Waals surface area contributed by atoms with Crippen LogP contribution in [0, 0.1) is 0 Å². The molecular formula is C8H10BrNaO3S. The van der Waals surface area contributed by atoms with E-state index in [0.29, 0.717) is 5.33 Å². The summed E-state index contributed by atoms with van der Waals surface area (Å²) in [6, 6.07) is 8.07. The molecule has 0 fully saturated rings. The molecule has 1 rings (SSSR count). The molecule has 0 heterocycles. The molecule has 6 heteroatoms. The Morgan fingerprint density at radius 3 is 2.29 bits per heavy atom. The number of hydrogen-bond donors (Lipinski definition) is 0. The van der Waals surface area contributed by atoms with Crippen molar-refractivity contribution < 1.29 is 12.6 Å². The Hall–Kier alpha value is 0.610. The predicted octanol–water partition coefficient (Wildman–Crippen LogP) is 1.14. The summed E-state index contributed by atoms with van der Waals surface area (Å²) in [4.78, 5) is 0.191. The minimum atomic E-state index is -3.55. The third kappa shape index (κ3) is 4.42. The molecule has 3 nitrogen and oxygen atoms in total. The summed E-state index contributed by atoms with van der Waals surface area (Å²) in [7, 11) is -3.55. The maximum absolute atomic E-state index is 11.3. The van der Waals surface area contributed by atoms with Crippen molar-refractivity contribution >= 4 is 55.6 Å². The van der Waals surface area contributed by atoms with Crippen LogP contribution in [0.25, 0.3) is 0 Å². The SMILES string of the molecule is O=S(=O)(OCCBr)c1ccccc1.[NaH]. The number of alkyl halides is 1. The van der Waals surface area contributed by atoms with Crippen LogP contribution in [0.2, 0.25) is 0 Å². The topological polar surface area (TPSA) is 43.4 Å². The van der Waals surface area contributed by atoms with Crippen LogP contribution in [0.1, 0.15) is 0 Å². The first-order chi connectivity index (χ1) is 6.17. The van der Waals surface area contributed by atoms with Gasteiger partial charge in [-0.3, -0.25) is 4.18 Å². The van der Waals surface area contributed by atoms with Crippen LogP contribution in [0.3, 0.4) is 0 Å². The van der Waals surface area contributed by atoms with E-state index in [9.17, 15) is 8.42 Å². The molecular weight excluding hydrogens is 279 g/mol. The summed E-state index contributed by atoms with van der Waals surface area (Å²) in [6.07, 6.45) is 0. The summed E-state index contributed by atoms with van der Waals surface area (Å²) < 4.78 is 27.4. The van der Waals surface area contributed by atoms with Gasteiger partial charge in [0.15, 0.2) is 0 Å². The number of rotatable bonds is 4. The molecule has 0 saturated heterocycles. The van der Waals surface area contributed by atoms with Crippen molar-refractivity contribution in [3.05, 3.63) is 30.3 Å². The van der Waals surface area contributed by atoms with Gasteiger partial charge in [-0.2, -0.15) is 8.42 Å². The van der Waals surface area contributed by atoms with Crippen molar-refractivity contribution in [2.45, 2.75) is 4.90 Å². The molecule has 0 spiro atoms. The van der Waals surface area contributed by atoms with Gasteiger partial charge < -0.3 is 0 Å². The Bertz CT molecular complexity index is 352. The molecule has 0 unspecified atom stereocenters. The minimum absolute atomic E-state index is 0. The first kappa shape index (κ1) is 14.6. The second kappa shape index (κ2) is 6.98. The van der Waals surface area contributed by atoms with Gasteiger partial charge in [-0.1, -0.05) is 34.1 Å². The molecule has 0 radical (unpaired) electrons. The van der Waals surface area contributed by atoms with Gasteiger partial charge in [-0.15, -0.1) is 0 Å². The summed E-state index contributed by atoms with van der Waals surface area (Å²) in [6.45, 7) is 0.150. The van der Waals surface area contributed by atoms with E-state index < -0.39 is 10.1 Å². The van der Waals surface area contributed by atoms with E-state index in [1.807, 2.05) is 0 Å². The van der Waals surface area contributed by atoms with Gasteiger partial charge >= 0.3 is 29.6 Å². The van der Waals surface area contributed by atoms with Crippen LogP contribution < -0.4 is 0 Å². The van der Waals surface area contributed by atoms with Crippen molar-refractivity contribution in [2.75, 3.05) is 11.9 Å². The second-order valence-corrected chi connectivity index (χ2v) is 4.69. The van der Waals surface area contributed by atoms with Crippen molar-refractivity contribution in [1.82, 2.24) is 0 Å². The van der Waals surface area contributed by atoms with E-state index in [0.717, 1.165) is 0 Å². The number of halogens is 1.